The number of allylic oxidation sites excluding steroid dienone is 5. The highest BCUT2D eigenvalue weighted by atomic mass is 14.7. The fourth-order valence-corrected chi connectivity index (χ4v) is 1.17. The van der Waals surface area contributed by atoms with Gasteiger partial charge >= 0.3 is 0 Å². The van der Waals surface area contributed by atoms with Crippen molar-refractivity contribution in [2.24, 2.45) is 9.98 Å². The Bertz CT molecular complexity index is 380. The van der Waals surface area contributed by atoms with Gasteiger partial charge < -0.3 is 0 Å². The maximum Gasteiger partial charge on any atom is 0.0744 e. The van der Waals surface area contributed by atoms with Gasteiger partial charge in [-0.05, 0) is 26.3 Å². The van der Waals surface area contributed by atoms with Crippen LogP contribution in [0.1, 0.15) is 20.8 Å². The van der Waals surface area contributed by atoms with Crippen molar-refractivity contribution in [3.63, 3.8) is 0 Å². The number of hydrogen-bond donors (Lipinski definition) is 0. The van der Waals surface area contributed by atoms with E-state index in [1.807, 2.05) is 26.8 Å². The molecule has 0 unspecified atom stereocenters. The van der Waals surface area contributed by atoms with E-state index in [1.165, 1.54) is 0 Å². The molecule has 16 heavy (non-hydrogen) atoms. The number of hydrogen-bond acceptors (Lipinski definition) is 2. The van der Waals surface area contributed by atoms with E-state index in [0.717, 1.165) is 22.4 Å². The summed E-state index contributed by atoms with van der Waals surface area (Å²) in [6, 6.07) is 0. The zero-order chi connectivity index (χ0) is 12.6. The summed E-state index contributed by atoms with van der Waals surface area (Å²) in [4.78, 5) is 8.39. The minimum Gasteiger partial charge on any atom is -0.296 e. The van der Waals surface area contributed by atoms with Crippen molar-refractivity contribution in [1.29, 1.82) is 0 Å². The third-order valence-electron chi connectivity index (χ3n) is 2.09. The van der Waals surface area contributed by atoms with E-state index in [1.54, 1.807) is 25.6 Å². The molecule has 2 heteroatoms. The molecule has 0 fully saturated rings. The first kappa shape index (κ1) is 14.3. The molecule has 0 saturated carbocycles. The quantitative estimate of drug-likeness (QED) is 0.494. The summed E-state index contributed by atoms with van der Waals surface area (Å²) in [6.07, 6.45) is 7.16. The second-order valence-electron chi connectivity index (χ2n) is 3.39. The van der Waals surface area contributed by atoms with E-state index in [-0.39, 0.29) is 0 Å². The molecule has 0 rings (SSSR count). The number of nitrogens with zero attached hydrogens (tertiary/aromatic N) is 2. The molecule has 0 aromatic heterocycles. The van der Waals surface area contributed by atoms with Crippen LogP contribution in [0.25, 0.3) is 0 Å². The molecule has 0 spiro atoms. The van der Waals surface area contributed by atoms with Crippen LogP contribution in [-0.2, 0) is 0 Å². The first-order valence-electron chi connectivity index (χ1n) is 5.19. The average molecular weight is 216 g/mol. The van der Waals surface area contributed by atoms with Crippen LogP contribution in [0.15, 0.2) is 57.7 Å². The van der Waals surface area contributed by atoms with Gasteiger partial charge in [0, 0.05) is 25.0 Å². The topological polar surface area (TPSA) is 24.7 Å². The molecule has 0 amide bonds. The summed E-state index contributed by atoms with van der Waals surface area (Å²) in [5.41, 5.74) is 3.89. The van der Waals surface area contributed by atoms with E-state index in [2.05, 4.69) is 23.1 Å². The van der Waals surface area contributed by atoms with Gasteiger partial charge in [-0.25, -0.2) is 0 Å². The zero-order valence-electron chi connectivity index (χ0n) is 10.6. The van der Waals surface area contributed by atoms with E-state index < -0.39 is 0 Å². The van der Waals surface area contributed by atoms with E-state index in [0.29, 0.717) is 0 Å². The molecular formula is C14H20N2. The predicted octanol–water partition coefficient (Wildman–Crippen LogP) is 3.74. The number of aliphatic imine (C=N–C) groups is 2. The summed E-state index contributed by atoms with van der Waals surface area (Å²) in [6.45, 7) is 13.5. The van der Waals surface area contributed by atoms with Gasteiger partial charge in [0.05, 0.1) is 5.70 Å². The monoisotopic (exact) mass is 216 g/mol. The molecule has 0 heterocycles. The van der Waals surface area contributed by atoms with Crippen molar-refractivity contribution in [2.75, 3.05) is 7.05 Å². The average Bonchev–Trinajstić information content (AvgIpc) is 2.24. The van der Waals surface area contributed by atoms with Crippen LogP contribution < -0.4 is 0 Å². The van der Waals surface area contributed by atoms with Crippen molar-refractivity contribution >= 4 is 12.4 Å². The van der Waals surface area contributed by atoms with Gasteiger partial charge in [-0.2, -0.15) is 0 Å². The zero-order valence-corrected chi connectivity index (χ0v) is 10.6. The Morgan fingerprint density at radius 1 is 1.25 bits per heavy atom. The molecule has 0 aliphatic rings. The third kappa shape index (κ3) is 4.22. The second-order valence-corrected chi connectivity index (χ2v) is 3.39. The Balaban J connectivity index is 5.67. The molecule has 0 atom stereocenters. The van der Waals surface area contributed by atoms with Gasteiger partial charge in [0.2, 0.25) is 0 Å². The Kier molecular flexibility index (Phi) is 6.77. The van der Waals surface area contributed by atoms with Gasteiger partial charge in [-0.1, -0.05) is 30.9 Å². The van der Waals surface area contributed by atoms with Crippen LogP contribution in [0.4, 0.5) is 0 Å². The highest BCUT2D eigenvalue weighted by Gasteiger charge is 2.05. The minimum absolute atomic E-state index is 0.889. The molecule has 0 aliphatic carbocycles. The maximum absolute atomic E-state index is 4.37. The highest BCUT2D eigenvalue weighted by molar-refractivity contribution is 5.86. The molecule has 0 saturated heterocycles. The maximum atomic E-state index is 4.37. The normalized spacial score (nSPS) is 14.4. The summed E-state index contributed by atoms with van der Waals surface area (Å²) >= 11 is 0. The van der Waals surface area contributed by atoms with Crippen molar-refractivity contribution in [3.8, 4) is 0 Å². The lowest BCUT2D eigenvalue weighted by atomic mass is 10.0. The highest BCUT2D eigenvalue weighted by Crippen LogP contribution is 2.20. The fraction of sp³-hybridized carbons (Fsp3) is 0.286. The van der Waals surface area contributed by atoms with Gasteiger partial charge in [0.1, 0.15) is 0 Å². The minimum atomic E-state index is 0.889. The second kappa shape index (κ2) is 7.57. The SMILES string of the molecule is C=C/C=C(C=NC)/C(N=CC)=C(\C)C(=C)C. The van der Waals surface area contributed by atoms with Crippen molar-refractivity contribution in [3.05, 3.63) is 47.7 Å². The van der Waals surface area contributed by atoms with Crippen LogP contribution in [0.3, 0.4) is 0 Å². The lowest BCUT2D eigenvalue weighted by Gasteiger charge is -2.08. The molecule has 0 aromatic carbocycles. The lowest BCUT2D eigenvalue weighted by molar-refractivity contribution is 1.23. The Morgan fingerprint density at radius 3 is 2.25 bits per heavy atom. The van der Waals surface area contributed by atoms with Gasteiger partial charge in [-0.15, -0.1) is 0 Å². The van der Waals surface area contributed by atoms with E-state index in [9.17, 15) is 0 Å². The molecular weight excluding hydrogens is 196 g/mol. The summed E-state index contributed by atoms with van der Waals surface area (Å²) in [5.74, 6) is 0. The third-order valence-corrected chi connectivity index (χ3v) is 2.09. The molecule has 0 aromatic rings. The summed E-state index contributed by atoms with van der Waals surface area (Å²) in [5, 5.41) is 0. The Morgan fingerprint density at radius 2 is 1.88 bits per heavy atom. The fourth-order valence-electron chi connectivity index (χ4n) is 1.17. The molecule has 0 N–H and O–H groups in total. The van der Waals surface area contributed by atoms with Crippen molar-refractivity contribution < 1.29 is 0 Å². The van der Waals surface area contributed by atoms with Crippen LogP contribution in [0.2, 0.25) is 0 Å². The molecule has 86 valence electrons. The standard InChI is InChI=1S/C14H20N2/c1-7-9-13(10-15-6)14(16-8-2)12(5)11(3)4/h7-10H,1,3H2,2,4-6H3/b13-9+,14-12-,15-10?,16-8?. The van der Waals surface area contributed by atoms with Crippen molar-refractivity contribution in [2.45, 2.75) is 20.8 Å². The largest absolute Gasteiger partial charge is 0.296 e. The molecule has 0 aliphatic heterocycles. The predicted molar refractivity (Wildman–Crippen MR) is 74.4 cm³/mol. The first-order chi connectivity index (χ1) is 7.58. The smallest absolute Gasteiger partial charge is 0.0744 e. The van der Waals surface area contributed by atoms with Crippen LogP contribution in [-0.4, -0.2) is 19.5 Å². The van der Waals surface area contributed by atoms with E-state index in [4.69, 9.17) is 0 Å². The molecule has 2 nitrogen and oxygen atoms in total. The lowest BCUT2D eigenvalue weighted by Crippen LogP contribution is -1.95. The van der Waals surface area contributed by atoms with Crippen molar-refractivity contribution in [1.82, 2.24) is 0 Å². The van der Waals surface area contributed by atoms with Crippen LogP contribution in [0, 0.1) is 0 Å². The van der Waals surface area contributed by atoms with Crippen LogP contribution in [0.5, 0.6) is 0 Å². The van der Waals surface area contributed by atoms with E-state index >= 15 is 0 Å². The first-order valence-corrected chi connectivity index (χ1v) is 5.19. The van der Waals surface area contributed by atoms with Gasteiger partial charge in [-0.3, -0.25) is 9.98 Å². The Hall–Kier alpha value is -1.70. The molecule has 0 radical (unpaired) electrons. The van der Waals surface area contributed by atoms with Gasteiger partial charge in [0.15, 0.2) is 0 Å². The Labute approximate surface area is 98.5 Å². The number of rotatable bonds is 5. The molecule has 0 bridgehead atoms. The van der Waals surface area contributed by atoms with Crippen LogP contribution >= 0.6 is 0 Å². The summed E-state index contributed by atoms with van der Waals surface area (Å²) in [7, 11) is 1.74. The van der Waals surface area contributed by atoms with Gasteiger partial charge in [0.25, 0.3) is 0 Å². The summed E-state index contributed by atoms with van der Waals surface area (Å²) < 4.78 is 0.